The number of halogens is 1. The van der Waals surface area contributed by atoms with E-state index < -0.39 is 28.9 Å². The molecule has 1 amide bonds. The van der Waals surface area contributed by atoms with Gasteiger partial charge >= 0.3 is 5.69 Å². The van der Waals surface area contributed by atoms with Gasteiger partial charge in [0.25, 0.3) is 11.5 Å². The lowest BCUT2D eigenvalue weighted by Crippen LogP contribution is -2.44. The Morgan fingerprint density at radius 2 is 1.88 bits per heavy atom. The Bertz CT molecular complexity index is 1230. The molecule has 0 spiro atoms. The molecule has 3 N–H and O–H groups in total. The van der Waals surface area contributed by atoms with Crippen molar-refractivity contribution in [3.63, 3.8) is 0 Å². The maximum Gasteiger partial charge on any atom is 0.352 e. The van der Waals surface area contributed by atoms with Crippen molar-refractivity contribution in [1.82, 2.24) is 19.7 Å². The normalized spacial score (nSPS) is 12.4. The topological polar surface area (TPSA) is 126 Å². The van der Waals surface area contributed by atoms with E-state index in [-0.39, 0.29) is 29.4 Å². The Labute approximate surface area is 188 Å². The number of hydrogen-bond acceptors (Lipinski definition) is 6. The van der Waals surface area contributed by atoms with E-state index in [0.29, 0.717) is 5.56 Å². The third kappa shape index (κ3) is 5.50. The molecule has 0 aliphatic rings. The Balaban J connectivity index is 1.87. The lowest BCUT2D eigenvalue weighted by molar-refractivity contribution is 0.0585. The third-order valence-electron chi connectivity index (χ3n) is 4.59. The van der Waals surface area contributed by atoms with Crippen LogP contribution < -0.4 is 16.6 Å². The van der Waals surface area contributed by atoms with E-state index in [1.54, 1.807) is 24.3 Å². The molecular weight excluding hydrogens is 436 g/mol. The van der Waals surface area contributed by atoms with Gasteiger partial charge in [-0.3, -0.25) is 14.2 Å². The minimum absolute atomic E-state index is 0.0436. The molecule has 9 nitrogen and oxygen atoms in total. The molecule has 0 aliphatic heterocycles. The molecule has 1 atom stereocenters. The van der Waals surface area contributed by atoms with E-state index in [2.05, 4.69) is 10.4 Å². The van der Waals surface area contributed by atoms with Crippen LogP contribution in [-0.2, 0) is 6.54 Å². The molecule has 1 aromatic heterocycles. The van der Waals surface area contributed by atoms with Crippen LogP contribution in [0.2, 0.25) is 5.02 Å². The zero-order chi connectivity index (χ0) is 23.5. The van der Waals surface area contributed by atoms with Crippen molar-refractivity contribution in [2.75, 3.05) is 6.54 Å². The summed E-state index contributed by atoms with van der Waals surface area (Å²) in [6.07, 6.45) is 0.0503. The molecule has 32 heavy (non-hydrogen) atoms. The van der Waals surface area contributed by atoms with Crippen molar-refractivity contribution >= 4 is 17.5 Å². The van der Waals surface area contributed by atoms with Crippen LogP contribution in [0.3, 0.4) is 0 Å². The van der Waals surface area contributed by atoms with E-state index in [4.69, 9.17) is 11.6 Å². The summed E-state index contributed by atoms with van der Waals surface area (Å²) in [5.74, 6) is -0.551. The van der Waals surface area contributed by atoms with Crippen molar-refractivity contribution in [1.29, 1.82) is 0 Å². The minimum atomic E-state index is -1.30. The molecule has 168 valence electrons. The van der Waals surface area contributed by atoms with Crippen molar-refractivity contribution in [2.45, 2.75) is 32.1 Å². The van der Waals surface area contributed by atoms with Crippen LogP contribution >= 0.6 is 11.6 Å². The molecular formula is C22H23ClN4O5. The van der Waals surface area contributed by atoms with Gasteiger partial charge in [-0.2, -0.15) is 9.78 Å². The number of carbonyl (C=O) groups is 1. The fraction of sp³-hybridized carbons (Fsp3) is 0.273. The van der Waals surface area contributed by atoms with Gasteiger partial charge in [0.2, 0.25) is 0 Å². The molecule has 2 aromatic carbocycles. The highest BCUT2D eigenvalue weighted by molar-refractivity contribution is 6.33. The van der Waals surface area contributed by atoms with Gasteiger partial charge in [0.1, 0.15) is 6.20 Å². The molecule has 3 aromatic rings. The molecule has 0 bridgehead atoms. The largest absolute Gasteiger partial charge is 0.389 e. The molecule has 0 unspecified atom stereocenters. The quantitative estimate of drug-likeness (QED) is 0.489. The summed E-state index contributed by atoms with van der Waals surface area (Å²) < 4.78 is 1.80. The number of nitrogens with one attached hydrogen (secondary N) is 1. The number of aliphatic hydroxyl groups is 2. The highest BCUT2D eigenvalue weighted by Gasteiger charge is 2.19. The molecule has 0 fully saturated rings. The molecule has 3 rings (SSSR count). The number of rotatable bonds is 7. The van der Waals surface area contributed by atoms with Crippen molar-refractivity contribution in [2.24, 2.45) is 0 Å². The Kier molecular flexibility index (Phi) is 6.93. The second-order valence-corrected chi connectivity index (χ2v) is 8.28. The number of nitrogens with zero attached hydrogens (tertiary/aromatic N) is 3. The first-order valence-corrected chi connectivity index (χ1v) is 10.2. The summed E-state index contributed by atoms with van der Waals surface area (Å²) >= 11 is 6.17. The number of hydrogen-bond donors (Lipinski definition) is 3. The van der Waals surface area contributed by atoms with Crippen molar-refractivity contribution in [3.05, 3.63) is 91.7 Å². The highest BCUT2D eigenvalue weighted by atomic mass is 35.5. The fourth-order valence-electron chi connectivity index (χ4n) is 3.04. The number of carbonyl (C=O) groups excluding carboxylic acids is 1. The lowest BCUT2D eigenvalue weighted by atomic mass is 10.1. The second kappa shape index (κ2) is 9.47. The van der Waals surface area contributed by atoms with Crippen LogP contribution in [0.25, 0.3) is 5.69 Å². The zero-order valence-electron chi connectivity index (χ0n) is 17.5. The van der Waals surface area contributed by atoms with Gasteiger partial charge in [0.15, 0.2) is 0 Å². The van der Waals surface area contributed by atoms with Crippen molar-refractivity contribution < 1.29 is 15.0 Å². The van der Waals surface area contributed by atoms with Gasteiger partial charge < -0.3 is 15.5 Å². The van der Waals surface area contributed by atoms with Crippen LogP contribution in [0.5, 0.6) is 0 Å². The van der Waals surface area contributed by atoms with Crippen LogP contribution in [0.15, 0.2) is 64.3 Å². The summed E-state index contributed by atoms with van der Waals surface area (Å²) in [4.78, 5) is 37.5. The van der Waals surface area contributed by atoms with Crippen LogP contribution in [0.1, 0.15) is 35.9 Å². The predicted octanol–water partition coefficient (Wildman–Crippen LogP) is 1.28. The SMILES string of the molecule is CC(C)(O)Cn1c(=O)cnn(-c2ccc(Cl)c(C(=O)NC[C@@H](O)c3ccccc3)c2)c1=O. The van der Waals surface area contributed by atoms with Gasteiger partial charge in [-0.1, -0.05) is 41.9 Å². The number of amides is 1. The Morgan fingerprint density at radius 1 is 1.19 bits per heavy atom. The van der Waals surface area contributed by atoms with E-state index in [9.17, 15) is 24.6 Å². The smallest absolute Gasteiger partial charge is 0.352 e. The van der Waals surface area contributed by atoms with Gasteiger partial charge in [-0.05, 0) is 37.6 Å². The maximum atomic E-state index is 12.8. The van der Waals surface area contributed by atoms with Crippen LogP contribution in [0, 0.1) is 0 Å². The summed E-state index contributed by atoms with van der Waals surface area (Å²) in [7, 11) is 0. The van der Waals surface area contributed by atoms with E-state index in [0.717, 1.165) is 15.4 Å². The van der Waals surface area contributed by atoms with Gasteiger partial charge in [0, 0.05) is 6.54 Å². The molecule has 0 saturated carbocycles. The summed E-state index contributed by atoms with van der Waals surface area (Å²) in [6.45, 7) is 2.67. The molecule has 0 aliphatic carbocycles. The minimum Gasteiger partial charge on any atom is -0.389 e. The average molecular weight is 459 g/mol. The van der Waals surface area contributed by atoms with Gasteiger partial charge in [0.05, 0.1) is 34.5 Å². The molecule has 0 radical (unpaired) electrons. The van der Waals surface area contributed by atoms with Gasteiger partial charge in [-0.25, -0.2) is 4.79 Å². The number of aromatic nitrogens is 3. The van der Waals surface area contributed by atoms with Crippen LogP contribution in [0.4, 0.5) is 0 Å². The van der Waals surface area contributed by atoms with E-state index >= 15 is 0 Å². The Morgan fingerprint density at radius 3 is 2.53 bits per heavy atom. The summed E-state index contributed by atoms with van der Waals surface area (Å²) in [5, 5.41) is 26.9. The second-order valence-electron chi connectivity index (χ2n) is 7.88. The zero-order valence-corrected chi connectivity index (χ0v) is 18.3. The summed E-state index contributed by atoms with van der Waals surface area (Å²) in [6, 6.07) is 13.1. The first-order valence-electron chi connectivity index (χ1n) is 9.79. The predicted molar refractivity (Wildman–Crippen MR) is 119 cm³/mol. The van der Waals surface area contributed by atoms with E-state index in [1.165, 1.54) is 32.0 Å². The standard InChI is InChI=1S/C22H23ClN4O5/c1-22(2,32)13-26-19(29)12-25-27(21(26)31)15-8-9-17(23)16(10-15)20(30)24-11-18(28)14-6-4-3-5-7-14/h3-10,12,18,28,32H,11,13H2,1-2H3,(H,24,30)/t18-/m1/s1. The first kappa shape index (κ1) is 23.4. The maximum absolute atomic E-state index is 12.8. The van der Waals surface area contributed by atoms with Crippen LogP contribution in [-0.4, -0.2) is 42.6 Å². The average Bonchev–Trinajstić information content (AvgIpc) is 2.75. The molecule has 1 heterocycles. The monoisotopic (exact) mass is 458 g/mol. The third-order valence-corrected chi connectivity index (χ3v) is 4.92. The highest BCUT2D eigenvalue weighted by Crippen LogP contribution is 2.19. The first-order chi connectivity index (χ1) is 15.1. The summed E-state index contributed by atoms with van der Waals surface area (Å²) in [5.41, 5.74) is -1.80. The lowest BCUT2D eigenvalue weighted by Gasteiger charge is -2.18. The molecule has 0 saturated heterocycles. The number of benzene rings is 2. The van der Waals surface area contributed by atoms with Crippen molar-refractivity contribution in [3.8, 4) is 5.69 Å². The number of aliphatic hydroxyl groups excluding tert-OH is 1. The van der Waals surface area contributed by atoms with Gasteiger partial charge in [-0.15, -0.1) is 0 Å². The van der Waals surface area contributed by atoms with E-state index in [1.807, 2.05) is 6.07 Å². The Hall–Kier alpha value is -3.27. The molecule has 10 heteroatoms. The fourth-order valence-corrected chi connectivity index (χ4v) is 3.24.